The highest BCUT2D eigenvalue weighted by Gasteiger charge is 2.19. The lowest BCUT2D eigenvalue weighted by Gasteiger charge is -2.20. The smallest absolute Gasteiger partial charge is 0.132 e. The first kappa shape index (κ1) is 11.4. The van der Waals surface area contributed by atoms with Crippen LogP contribution < -0.4 is 5.73 Å². The highest BCUT2D eigenvalue weighted by Crippen LogP contribution is 2.25. The van der Waals surface area contributed by atoms with E-state index >= 15 is 0 Å². The predicted molar refractivity (Wildman–Crippen MR) is 71.1 cm³/mol. The van der Waals surface area contributed by atoms with Crippen LogP contribution in [0.1, 0.15) is 41.5 Å². The third-order valence-corrected chi connectivity index (χ3v) is 3.47. The molecule has 1 aliphatic carbocycles. The van der Waals surface area contributed by atoms with E-state index in [0.717, 1.165) is 37.2 Å². The van der Waals surface area contributed by atoms with Crippen LogP contribution in [0, 0.1) is 0 Å². The van der Waals surface area contributed by atoms with Crippen molar-refractivity contribution in [2.75, 3.05) is 0 Å². The Hall–Kier alpha value is -1.74. The lowest BCUT2D eigenvalue weighted by molar-refractivity contribution is 0.547. The SMILES string of the molecule is NC1CCCc2cnc(Cc3ccccc3)nc21. The summed E-state index contributed by atoms with van der Waals surface area (Å²) < 4.78 is 0. The fraction of sp³-hybridized carbons (Fsp3) is 0.333. The van der Waals surface area contributed by atoms with Crippen LogP contribution in [-0.2, 0) is 12.8 Å². The van der Waals surface area contributed by atoms with Crippen molar-refractivity contribution in [2.24, 2.45) is 5.73 Å². The van der Waals surface area contributed by atoms with E-state index in [1.165, 1.54) is 11.1 Å². The average Bonchev–Trinajstić information content (AvgIpc) is 2.41. The van der Waals surface area contributed by atoms with Gasteiger partial charge in [-0.15, -0.1) is 0 Å². The van der Waals surface area contributed by atoms with Crippen LogP contribution in [0.2, 0.25) is 0 Å². The molecule has 2 N–H and O–H groups in total. The van der Waals surface area contributed by atoms with Crippen LogP contribution in [0.4, 0.5) is 0 Å². The number of aromatic nitrogens is 2. The molecule has 0 saturated carbocycles. The average molecular weight is 239 g/mol. The standard InChI is InChI=1S/C15H17N3/c16-13-8-4-7-12-10-17-14(18-15(12)13)9-11-5-2-1-3-6-11/h1-3,5-6,10,13H,4,7-9,16H2. The maximum absolute atomic E-state index is 6.12. The first-order valence-corrected chi connectivity index (χ1v) is 6.47. The van der Waals surface area contributed by atoms with Gasteiger partial charge in [-0.25, -0.2) is 9.97 Å². The molecule has 1 aromatic carbocycles. The molecule has 18 heavy (non-hydrogen) atoms. The zero-order chi connectivity index (χ0) is 12.4. The van der Waals surface area contributed by atoms with Gasteiger partial charge in [0.05, 0.1) is 5.69 Å². The van der Waals surface area contributed by atoms with Crippen LogP contribution in [-0.4, -0.2) is 9.97 Å². The molecule has 0 fully saturated rings. The molecule has 3 nitrogen and oxygen atoms in total. The van der Waals surface area contributed by atoms with Crippen molar-refractivity contribution in [3.8, 4) is 0 Å². The van der Waals surface area contributed by atoms with Gasteiger partial charge in [0.1, 0.15) is 5.82 Å². The Labute approximate surface area is 107 Å². The predicted octanol–water partition coefficient (Wildman–Crippen LogP) is 2.40. The summed E-state index contributed by atoms with van der Waals surface area (Å²) in [6.45, 7) is 0. The molecule has 0 radical (unpaired) electrons. The maximum Gasteiger partial charge on any atom is 0.132 e. The van der Waals surface area contributed by atoms with E-state index in [1.54, 1.807) is 0 Å². The summed E-state index contributed by atoms with van der Waals surface area (Å²) >= 11 is 0. The Morgan fingerprint density at radius 1 is 1.22 bits per heavy atom. The summed E-state index contributed by atoms with van der Waals surface area (Å²) in [5.41, 5.74) is 9.64. The summed E-state index contributed by atoms with van der Waals surface area (Å²) in [5, 5.41) is 0. The number of aryl methyl sites for hydroxylation is 1. The number of rotatable bonds is 2. The van der Waals surface area contributed by atoms with Crippen molar-refractivity contribution in [3.63, 3.8) is 0 Å². The maximum atomic E-state index is 6.12. The van der Waals surface area contributed by atoms with Gasteiger partial charge < -0.3 is 5.73 Å². The molecule has 92 valence electrons. The van der Waals surface area contributed by atoms with Crippen molar-refractivity contribution in [3.05, 3.63) is 59.2 Å². The Morgan fingerprint density at radius 3 is 2.89 bits per heavy atom. The monoisotopic (exact) mass is 239 g/mol. The van der Waals surface area contributed by atoms with Gasteiger partial charge in [-0.05, 0) is 30.4 Å². The summed E-state index contributed by atoms with van der Waals surface area (Å²) in [6.07, 6.45) is 5.99. The molecule has 1 aromatic heterocycles. The van der Waals surface area contributed by atoms with Crippen molar-refractivity contribution < 1.29 is 0 Å². The molecule has 0 amide bonds. The summed E-state index contributed by atoms with van der Waals surface area (Å²) in [7, 11) is 0. The van der Waals surface area contributed by atoms with E-state index in [4.69, 9.17) is 5.73 Å². The van der Waals surface area contributed by atoms with Crippen LogP contribution in [0.5, 0.6) is 0 Å². The van der Waals surface area contributed by atoms with Crippen molar-refractivity contribution >= 4 is 0 Å². The molecule has 1 aliphatic rings. The lowest BCUT2D eigenvalue weighted by atomic mass is 9.93. The molecule has 2 aromatic rings. The summed E-state index contributed by atoms with van der Waals surface area (Å²) in [4.78, 5) is 9.11. The lowest BCUT2D eigenvalue weighted by Crippen LogP contribution is -2.20. The molecule has 1 heterocycles. The largest absolute Gasteiger partial charge is 0.323 e. The molecule has 3 rings (SSSR count). The molecule has 1 atom stereocenters. The third kappa shape index (κ3) is 2.27. The normalized spacial score (nSPS) is 18.4. The van der Waals surface area contributed by atoms with Crippen molar-refractivity contribution in [1.29, 1.82) is 0 Å². The van der Waals surface area contributed by atoms with E-state index < -0.39 is 0 Å². The highest BCUT2D eigenvalue weighted by molar-refractivity contribution is 5.26. The van der Waals surface area contributed by atoms with Crippen LogP contribution in [0.3, 0.4) is 0 Å². The molecular weight excluding hydrogens is 222 g/mol. The number of benzene rings is 1. The highest BCUT2D eigenvalue weighted by atomic mass is 14.9. The van der Waals surface area contributed by atoms with Gasteiger partial charge in [0.25, 0.3) is 0 Å². The molecule has 0 spiro atoms. The number of fused-ring (bicyclic) bond motifs is 1. The van der Waals surface area contributed by atoms with Crippen LogP contribution in [0.15, 0.2) is 36.5 Å². The van der Waals surface area contributed by atoms with Crippen molar-refractivity contribution in [1.82, 2.24) is 9.97 Å². The molecular formula is C15H17N3. The third-order valence-electron chi connectivity index (χ3n) is 3.47. The fourth-order valence-corrected chi connectivity index (χ4v) is 2.48. The quantitative estimate of drug-likeness (QED) is 0.875. The van der Waals surface area contributed by atoms with Gasteiger partial charge in [0, 0.05) is 18.7 Å². The van der Waals surface area contributed by atoms with Crippen LogP contribution in [0.25, 0.3) is 0 Å². The Morgan fingerprint density at radius 2 is 2.06 bits per heavy atom. The van der Waals surface area contributed by atoms with Gasteiger partial charge in [0.2, 0.25) is 0 Å². The first-order chi connectivity index (χ1) is 8.83. The molecule has 3 heteroatoms. The second-order valence-electron chi connectivity index (χ2n) is 4.86. The van der Waals surface area contributed by atoms with E-state index in [9.17, 15) is 0 Å². The minimum Gasteiger partial charge on any atom is -0.323 e. The molecule has 1 unspecified atom stereocenters. The summed E-state index contributed by atoms with van der Waals surface area (Å²) in [5.74, 6) is 0.873. The zero-order valence-corrected chi connectivity index (χ0v) is 10.3. The minimum atomic E-state index is 0.0891. The number of nitrogens with zero attached hydrogens (tertiary/aromatic N) is 2. The number of hydrogen-bond donors (Lipinski definition) is 1. The zero-order valence-electron chi connectivity index (χ0n) is 10.3. The van der Waals surface area contributed by atoms with Gasteiger partial charge in [-0.1, -0.05) is 30.3 Å². The van der Waals surface area contributed by atoms with E-state index in [0.29, 0.717) is 0 Å². The van der Waals surface area contributed by atoms with Crippen molar-refractivity contribution in [2.45, 2.75) is 31.7 Å². The van der Waals surface area contributed by atoms with Gasteiger partial charge in [0.15, 0.2) is 0 Å². The van der Waals surface area contributed by atoms with Gasteiger partial charge >= 0.3 is 0 Å². The van der Waals surface area contributed by atoms with E-state index in [2.05, 4.69) is 22.1 Å². The van der Waals surface area contributed by atoms with E-state index in [1.807, 2.05) is 24.4 Å². The minimum absolute atomic E-state index is 0.0891. The first-order valence-electron chi connectivity index (χ1n) is 6.47. The second kappa shape index (κ2) is 4.86. The second-order valence-corrected chi connectivity index (χ2v) is 4.86. The number of hydrogen-bond acceptors (Lipinski definition) is 3. The Balaban J connectivity index is 1.88. The van der Waals surface area contributed by atoms with E-state index in [-0.39, 0.29) is 6.04 Å². The van der Waals surface area contributed by atoms with Crippen LogP contribution >= 0.6 is 0 Å². The fourth-order valence-electron chi connectivity index (χ4n) is 2.48. The topological polar surface area (TPSA) is 51.8 Å². The van der Waals surface area contributed by atoms with Gasteiger partial charge in [-0.3, -0.25) is 0 Å². The molecule has 0 bridgehead atoms. The number of nitrogens with two attached hydrogens (primary N) is 1. The summed E-state index contributed by atoms with van der Waals surface area (Å²) in [6, 6.07) is 10.4. The molecule has 0 aliphatic heterocycles. The Kier molecular flexibility index (Phi) is 3.07. The van der Waals surface area contributed by atoms with Gasteiger partial charge in [-0.2, -0.15) is 0 Å². The molecule has 0 saturated heterocycles. The Bertz CT molecular complexity index is 537.